The van der Waals surface area contributed by atoms with Crippen LogP contribution in [0.1, 0.15) is 16.1 Å². The maximum Gasteiger partial charge on any atom is 0.307 e. The zero-order valence-corrected chi connectivity index (χ0v) is 11.8. The van der Waals surface area contributed by atoms with E-state index in [4.69, 9.17) is 20.8 Å². The van der Waals surface area contributed by atoms with Crippen molar-refractivity contribution in [2.45, 2.75) is 0 Å². The van der Waals surface area contributed by atoms with Gasteiger partial charge in [0, 0.05) is 5.54 Å². The van der Waals surface area contributed by atoms with E-state index in [0.717, 1.165) is 11.3 Å². The Morgan fingerprint density at radius 3 is 2.81 bits per heavy atom. The number of hydrogen-bond acceptors (Lipinski definition) is 4. The van der Waals surface area contributed by atoms with Crippen molar-refractivity contribution >= 4 is 23.7 Å². The molecule has 2 aromatic rings. The highest BCUT2D eigenvalue weighted by Crippen LogP contribution is 2.11. The summed E-state index contributed by atoms with van der Waals surface area (Å²) in [5, 5.41) is 3.85. The van der Waals surface area contributed by atoms with Gasteiger partial charge in [-0.2, -0.15) is 5.10 Å². The van der Waals surface area contributed by atoms with Gasteiger partial charge in [-0.05, 0) is 48.0 Å². The molecule has 0 saturated heterocycles. The number of carbonyl (C=O) groups is 1. The van der Waals surface area contributed by atoms with Gasteiger partial charge in [0.25, 0.3) is 0 Å². The van der Waals surface area contributed by atoms with E-state index < -0.39 is 5.91 Å². The summed E-state index contributed by atoms with van der Waals surface area (Å²) in [6, 6.07) is 10.4. The fourth-order valence-corrected chi connectivity index (χ4v) is 1.53. The van der Waals surface area contributed by atoms with Gasteiger partial charge < -0.3 is 9.15 Å². The molecule has 0 aliphatic carbocycles. The molecule has 0 aliphatic rings. The minimum Gasteiger partial charge on any atom is -0.490 e. The molecular formula is C15H13ClN2O3. The van der Waals surface area contributed by atoms with E-state index in [9.17, 15) is 4.79 Å². The monoisotopic (exact) mass is 304 g/mol. The highest BCUT2D eigenvalue weighted by Gasteiger charge is 2.05. The van der Waals surface area contributed by atoms with Gasteiger partial charge in [-0.15, -0.1) is 0 Å². The van der Waals surface area contributed by atoms with Gasteiger partial charge >= 0.3 is 5.91 Å². The van der Waals surface area contributed by atoms with Crippen LogP contribution >= 0.6 is 11.6 Å². The van der Waals surface area contributed by atoms with Crippen LogP contribution in [0.3, 0.4) is 0 Å². The third-order valence-corrected chi connectivity index (χ3v) is 2.62. The summed E-state index contributed by atoms with van der Waals surface area (Å²) in [4.78, 5) is 11.5. The number of ether oxygens (including phenoxy) is 1. The Balaban J connectivity index is 1.85. The fourth-order valence-electron chi connectivity index (χ4n) is 1.46. The summed E-state index contributed by atoms with van der Waals surface area (Å²) in [5.74, 6) is 0.536. The lowest BCUT2D eigenvalue weighted by Gasteiger charge is -2.02. The molecule has 0 fully saturated rings. The molecule has 5 nitrogen and oxygen atoms in total. The largest absolute Gasteiger partial charge is 0.490 e. The number of hydrogen-bond donors (Lipinski definition) is 1. The van der Waals surface area contributed by atoms with E-state index >= 15 is 0 Å². The summed E-state index contributed by atoms with van der Waals surface area (Å²) in [7, 11) is 0. The Bertz CT molecular complexity index is 619. The molecule has 0 spiro atoms. The number of carbonyl (C=O) groups excluding carboxylic acids is 1. The van der Waals surface area contributed by atoms with Crippen LogP contribution in [-0.2, 0) is 0 Å². The molecule has 0 aliphatic heterocycles. The van der Waals surface area contributed by atoms with Crippen molar-refractivity contribution in [2.24, 2.45) is 5.10 Å². The second-order valence-corrected chi connectivity index (χ2v) is 4.17. The van der Waals surface area contributed by atoms with Crippen molar-refractivity contribution in [1.82, 2.24) is 5.43 Å². The number of furan rings is 1. The minimum absolute atomic E-state index is 0.211. The van der Waals surface area contributed by atoms with E-state index in [2.05, 4.69) is 10.5 Å². The van der Waals surface area contributed by atoms with E-state index in [0.29, 0.717) is 6.61 Å². The van der Waals surface area contributed by atoms with Crippen LogP contribution in [0.4, 0.5) is 0 Å². The van der Waals surface area contributed by atoms with E-state index in [-0.39, 0.29) is 5.76 Å². The predicted octanol–water partition coefficient (Wildman–Crippen LogP) is 3.17. The molecule has 1 aromatic carbocycles. The number of rotatable bonds is 6. The molecule has 108 valence electrons. The van der Waals surface area contributed by atoms with E-state index in [1.165, 1.54) is 18.0 Å². The average Bonchev–Trinajstić information content (AvgIpc) is 3.03. The molecule has 0 unspecified atom stereocenters. The zero-order valence-electron chi connectivity index (χ0n) is 11.0. The Kier molecular flexibility index (Phi) is 5.60. The average molecular weight is 305 g/mol. The second kappa shape index (κ2) is 7.91. The molecule has 1 amide bonds. The van der Waals surface area contributed by atoms with Gasteiger partial charge in [-0.25, -0.2) is 5.43 Å². The van der Waals surface area contributed by atoms with Gasteiger partial charge in [0.2, 0.25) is 0 Å². The SMILES string of the molecule is O=C(NN=Cc1ccc(OC/C=C\Cl)cc1)c1ccco1. The van der Waals surface area contributed by atoms with Crippen LogP contribution in [0, 0.1) is 0 Å². The first kappa shape index (κ1) is 14.9. The number of hydrazone groups is 1. The topological polar surface area (TPSA) is 63.8 Å². The van der Waals surface area contributed by atoms with Gasteiger partial charge in [0.15, 0.2) is 5.76 Å². The molecule has 0 atom stereocenters. The van der Waals surface area contributed by atoms with E-state index in [1.807, 2.05) is 12.1 Å². The molecule has 21 heavy (non-hydrogen) atoms. The van der Waals surface area contributed by atoms with Crippen LogP contribution in [0.2, 0.25) is 0 Å². The van der Waals surface area contributed by atoms with Crippen LogP contribution in [0.25, 0.3) is 0 Å². The Morgan fingerprint density at radius 1 is 1.33 bits per heavy atom. The first-order valence-electron chi connectivity index (χ1n) is 6.14. The fraction of sp³-hybridized carbons (Fsp3) is 0.0667. The third kappa shape index (κ3) is 4.81. The highest BCUT2D eigenvalue weighted by atomic mass is 35.5. The number of halogens is 1. The Morgan fingerprint density at radius 2 is 2.14 bits per heavy atom. The van der Waals surface area contributed by atoms with Crippen molar-refractivity contribution < 1.29 is 13.9 Å². The van der Waals surface area contributed by atoms with E-state index in [1.54, 1.807) is 30.3 Å². The number of nitrogens with one attached hydrogen (secondary N) is 1. The molecule has 0 radical (unpaired) electrons. The molecular weight excluding hydrogens is 292 g/mol. The molecule has 1 heterocycles. The molecule has 0 saturated carbocycles. The number of nitrogens with zero attached hydrogens (tertiary/aromatic N) is 1. The standard InChI is InChI=1S/C15H13ClN2O3/c16-8-2-10-20-13-6-4-12(5-7-13)11-17-18-15(19)14-3-1-9-21-14/h1-9,11H,10H2,(H,18,19)/b8-2-,17-11?. The second-order valence-electron chi connectivity index (χ2n) is 3.92. The summed E-state index contributed by atoms with van der Waals surface area (Å²) in [6.07, 6.45) is 4.65. The van der Waals surface area contributed by atoms with Crippen LogP contribution in [-0.4, -0.2) is 18.7 Å². The van der Waals surface area contributed by atoms with Crippen LogP contribution < -0.4 is 10.2 Å². The maximum atomic E-state index is 11.5. The molecule has 6 heteroatoms. The summed E-state index contributed by atoms with van der Waals surface area (Å²) in [6.45, 7) is 0.413. The van der Waals surface area contributed by atoms with Crippen molar-refractivity contribution in [3.8, 4) is 5.75 Å². The molecule has 2 rings (SSSR count). The molecule has 1 N–H and O–H groups in total. The zero-order chi connectivity index (χ0) is 14.9. The van der Waals surface area contributed by atoms with Crippen molar-refractivity contribution in [2.75, 3.05) is 6.61 Å². The van der Waals surface area contributed by atoms with Crippen molar-refractivity contribution in [3.05, 3.63) is 65.6 Å². The summed E-state index contributed by atoms with van der Waals surface area (Å²) < 4.78 is 10.3. The van der Waals surface area contributed by atoms with Gasteiger partial charge in [0.1, 0.15) is 12.4 Å². The summed E-state index contributed by atoms with van der Waals surface area (Å²) in [5.41, 5.74) is 4.61. The number of benzene rings is 1. The minimum atomic E-state index is -0.399. The predicted molar refractivity (Wildman–Crippen MR) is 80.7 cm³/mol. The van der Waals surface area contributed by atoms with Gasteiger partial charge in [-0.3, -0.25) is 4.79 Å². The lowest BCUT2D eigenvalue weighted by atomic mass is 10.2. The quantitative estimate of drug-likeness (QED) is 0.658. The highest BCUT2D eigenvalue weighted by molar-refractivity contribution is 6.25. The number of amides is 1. The van der Waals surface area contributed by atoms with Gasteiger partial charge in [-0.1, -0.05) is 11.6 Å². The van der Waals surface area contributed by atoms with Gasteiger partial charge in [0.05, 0.1) is 12.5 Å². The molecule has 1 aromatic heterocycles. The normalized spacial score (nSPS) is 11.1. The van der Waals surface area contributed by atoms with Crippen molar-refractivity contribution in [3.63, 3.8) is 0 Å². The first-order chi connectivity index (χ1) is 10.3. The summed E-state index contributed by atoms with van der Waals surface area (Å²) >= 11 is 5.39. The van der Waals surface area contributed by atoms with Crippen LogP contribution in [0.5, 0.6) is 5.75 Å². The first-order valence-corrected chi connectivity index (χ1v) is 6.58. The Hall–Kier alpha value is -2.53. The third-order valence-electron chi connectivity index (χ3n) is 2.44. The Labute approximate surface area is 126 Å². The maximum absolute atomic E-state index is 11.5. The lowest BCUT2D eigenvalue weighted by Crippen LogP contribution is -2.16. The molecule has 0 bridgehead atoms. The van der Waals surface area contributed by atoms with Crippen molar-refractivity contribution in [1.29, 1.82) is 0 Å². The lowest BCUT2D eigenvalue weighted by molar-refractivity contribution is 0.0927. The smallest absolute Gasteiger partial charge is 0.307 e. The van der Waals surface area contributed by atoms with Crippen LogP contribution in [0.15, 0.2) is 63.8 Å².